The Kier molecular flexibility index (Phi) is 6.76. The van der Waals surface area contributed by atoms with Crippen molar-refractivity contribution in [2.45, 2.75) is 44.8 Å². The highest BCUT2D eigenvalue weighted by Crippen LogP contribution is 2.35. The zero-order chi connectivity index (χ0) is 25.4. The number of hydrogen-bond donors (Lipinski definition) is 1. The monoisotopic (exact) mass is 526 g/mol. The number of rotatable bonds is 6. The van der Waals surface area contributed by atoms with Gasteiger partial charge in [-0.1, -0.05) is 31.3 Å². The molecule has 11 heteroatoms. The number of likely N-dealkylation sites (tertiary alicyclic amines) is 2. The molecule has 1 N–H and O–H groups in total. The summed E-state index contributed by atoms with van der Waals surface area (Å²) in [6.07, 6.45) is 1.72. The Morgan fingerprint density at radius 2 is 2.03 bits per heavy atom. The predicted molar refractivity (Wildman–Crippen MR) is 136 cm³/mol. The molecule has 0 bridgehead atoms. The molecule has 2 aliphatic heterocycles. The molecule has 3 amide bonds. The number of hydrogen-bond acceptors (Lipinski definition) is 8. The minimum absolute atomic E-state index is 0.0612. The van der Waals surface area contributed by atoms with Crippen molar-refractivity contribution >= 4 is 55.8 Å². The minimum atomic E-state index is -0.842. The summed E-state index contributed by atoms with van der Waals surface area (Å²) in [5.74, 6) is -0.714. The first-order chi connectivity index (χ1) is 17.3. The molecule has 36 heavy (non-hydrogen) atoms. The molecule has 3 unspecified atom stereocenters. The van der Waals surface area contributed by atoms with Crippen molar-refractivity contribution in [2.75, 3.05) is 13.1 Å². The van der Waals surface area contributed by atoms with Gasteiger partial charge in [-0.3, -0.25) is 19.4 Å². The number of ketones is 1. The van der Waals surface area contributed by atoms with Gasteiger partial charge in [-0.05, 0) is 42.3 Å². The van der Waals surface area contributed by atoms with Gasteiger partial charge in [-0.25, -0.2) is 4.79 Å². The van der Waals surface area contributed by atoms with E-state index in [0.29, 0.717) is 24.4 Å². The van der Waals surface area contributed by atoms with E-state index < -0.39 is 24.2 Å². The Bertz CT molecular complexity index is 1280. The summed E-state index contributed by atoms with van der Waals surface area (Å²) in [6, 6.07) is 6.86. The van der Waals surface area contributed by atoms with E-state index in [2.05, 4.69) is 10.3 Å². The van der Waals surface area contributed by atoms with Gasteiger partial charge in [-0.15, -0.1) is 11.3 Å². The number of carbonyl (C=O) groups is 4. The molecular formula is C25H26N4O5S2. The van der Waals surface area contributed by atoms with Gasteiger partial charge in [-0.2, -0.15) is 0 Å². The van der Waals surface area contributed by atoms with Crippen LogP contribution in [-0.2, 0) is 9.59 Å². The quantitative estimate of drug-likeness (QED) is 0.526. The van der Waals surface area contributed by atoms with Crippen LogP contribution in [0.15, 0.2) is 41.9 Å². The van der Waals surface area contributed by atoms with E-state index in [9.17, 15) is 19.2 Å². The largest absolute Gasteiger partial charge is 0.414 e. The van der Waals surface area contributed by atoms with Crippen LogP contribution in [0, 0.1) is 5.92 Å². The van der Waals surface area contributed by atoms with E-state index in [-0.39, 0.29) is 35.8 Å². The summed E-state index contributed by atoms with van der Waals surface area (Å²) in [4.78, 5) is 59.4. The van der Waals surface area contributed by atoms with E-state index in [1.165, 1.54) is 27.3 Å². The molecule has 5 heterocycles. The highest BCUT2D eigenvalue weighted by Gasteiger charge is 2.52. The normalized spacial score (nSPS) is 20.1. The van der Waals surface area contributed by atoms with Crippen LogP contribution in [0.3, 0.4) is 0 Å². The highest BCUT2D eigenvalue weighted by atomic mass is 32.1. The molecule has 3 atom stereocenters. The van der Waals surface area contributed by atoms with Crippen LogP contribution in [-0.4, -0.2) is 69.7 Å². The molecular weight excluding hydrogens is 500 g/mol. The second kappa shape index (κ2) is 9.98. The second-order valence-electron chi connectivity index (χ2n) is 9.38. The molecule has 188 valence electrons. The van der Waals surface area contributed by atoms with Crippen molar-refractivity contribution in [3.8, 4) is 5.06 Å². The lowest BCUT2D eigenvalue weighted by atomic mass is 10.0. The van der Waals surface area contributed by atoms with Gasteiger partial charge in [0.1, 0.15) is 17.8 Å². The van der Waals surface area contributed by atoms with Crippen LogP contribution < -0.4 is 10.1 Å². The molecule has 5 rings (SSSR count). The van der Waals surface area contributed by atoms with Crippen molar-refractivity contribution in [1.82, 2.24) is 20.1 Å². The van der Waals surface area contributed by atoms with E-state index >= 15 is 0 Å². The fourth-order valence-electron chi connectivity index (χ4n) is 4.93. The van der Waals surface area contributed by atoms with Crippen LogP contribution in [0.4, 0.5) is 4.79 Å². The van der Waals surface area contributed by atoms with Crippen LogP contribution in [0.25, 0.3) is 9.40 Å². The topological polar surface area (TPSA) is 109 Å². The number of Topliss-reactive ketones (excluding diaryl/α,β-unsaturated/α-hetero) is 1. The Labute approximate surface area is 216 Å². The van der Waals surface area contributed by atoms with Crippen molar-refractivity contribution in [1.29, 1.82) is 0 Å². The van der Waals surface area contributed by atoms with Gasteiger partial charge >= 0.3 is 6.09 Å². The van der Waals surface area contributed by atoms with Crippen LogP contribution in [0.5, 0.6) is 5.06 Å². The van der Waals surface area contributed by atoms with Crippen LogP contribution in [0.2, 0.25) is 0 Å². The van der Waals surface area contributed by atoms with Crippen molar-refractivity contribution in [3.05, 3.63) is 47.6 Å². The number of nitrogens with one attached hydrogen (secondary N) is 1. The molecule has 0 spiro atoms. The number of fused-ring (bicyclic) bond motifs is 2. The lowest BCUT2D eigenvalue weighted by Gasteiger charge is -2.28. The Morgan fingerprint density at radius 1 is 1.19 bits per heavy atom. The van der Waals surface area contributed by atoms with Crippen molar-refractivity contribution in [2.24, 2.45) is 5.92 Å². The van der Waals surface area contributed by atoms with Gasteiger partial charge in [0.15, 0.2) is 10.8 Å². The maximum absolute atomic E-state index is 13.6. The summed E-state index contributed by atoms with van der Waals surface area (Å²) in [6.45, 7) is 4.19. The third-order valence-corrected chi connectivity index (χ3v) is 8.43. The van der Waals surface area contributed by atoms with Crippen LogP contribution >= 0.6 is 22.7 Å². The maximum Gasteiger partial charge on any atom is 0.414 e. The minimum Gasteiger partial charge on any atom is -0.399 e. The zero-order valence-electron chi connectivity index (χ0n) is 19.9. The molecule has 2 saturated heterocycles. The van der Waals surface area contributed by atoms with E-state index in [1.807, 2.05) is 25.3 Å². The van der Waals surface area contributed by atoms with Crippen LogP contribution in [0.1, 0.15) is 37.2 Å². The first-order valence-electron chi connectivity index (χ1n) is 11.8. The predicted octanol–water partition coefficient (Wildman–Crippen LogP) is 3.56. The van der Waals surface area contributed by atoms with Gasteiger partial charge in [0, 0.05) is 28.2 Å². The summed E-state index contributed by atoms with van der Waals surface area (Å²) in [5.41, 5.74) is 0.270. The second-order valence-corrected chi connectivity index (χ2v) is 11.4. The Morgan fingerprint density at radius 3 is 2.75 bits per heavy atom. The number of carbonyl (C=O) groups excluding carboxylic acids is 4. The molecule has 2 fully saturated rings. The molecule has 0 aromatic carbocycles. The van der Waals surface area contributed by atoms with Gasteiger partial charge in [0.05, 0.1) is 12.6 Å². The average molecular weight is 527 g/mol. The Hall–Kier alpha value is -3.31. The van der Waals surface area contributed by atoms with Gasteiger partial charge < -0.3 is 19.9 Å². The number of pyridine rings is 1. The Balaban J connectivity index is 1.29. The first-order valence-corrected chi connectivity index (χ1v) is 13.5. The SMILES string of the molecule is CC(C)CC(NC(=O)Oc1cc2sccc2s1)C(=O)N1CCC2C1C(=O)CN2C(=O)c1ccccn1. The zero-order valence-corrected chi connectivity index (χ0v) is 21.5. The van der Waals surface area contributed by atoms with Crippen molar-refractivity contribution < 1.29 is 23.9 Å². The standard InChI is InChI=1S/C25H26N4O5S2/c1-14(2)11-16(27-25(33)34-21-12-20-19(36-21)7-10-35-20)24(32)28-9-6-17-22(28)18(30)13-29(17)23(31)15-5-3-4-8-26-15/h3-5,7-8,10,12,14,16-17,22H,6,9,11,13H2,1-2H3,(H,27,33). The maximum atomic E-state index is 13.6. The molecule has 9 nitrogen and oxygen atoms in total. The molecule has 0 radical (unpaired) electrons. The molecule has 3 aromatic heterocycles. The van der Waals surface area contributed by atoms with E-state index in [0.717, 1.165) is 9.40 Å². The van der Waals surface area contributed by atoms with Gasteiger partial charge in [0.2, 0.25) is 5.91 Å². The summed E-state index contributed by atoms with van der Waals surface area (Å²) in [5, 5.41) is 5.15. The molecule has 0 saturated carbocycles. The smallest absolute Gasteiger partial charge is 0.399 e. The fraction of sp³-hybridized carbons (Fsp3) is 0.400. The number of amides is 3. The number of aromatic nitrogens is 1. The van der Waals surface area contributed by atoms with E-state index in [1.54, 1.807) is 35.6 Å². The lowest BCUT2D eigenvalue weighted by molar-refractivity contribution is -0.138. The summed E-state index contributed by atoms with van der Waals surface area (Å²) >= 11 is 2.93. The first kappa shape index (κ1) is 24.4. The third-order valence-electron chi connectivity index (χ3n) is 6.46. The van der Waals surface area contributed by atoms with Gasteiger partial charge in [0.25, 0.3) is 5.91 Å². The van der Waals surface area contributed by atoms with Crippen molar-refractivity contribution in [3.63, 3.8) is 0 Å². The number of nitrogens with zero attached hydrogens (tertiary/aromatic N) is 3. The highest BCUT2D eigenvalue weighted by molar-refractivity contribution is 7.27. The third kappa shape index (κ3) is 4.72. The summed E-state index contributed by atoms with van der Waals surface area (Å²) in [7, 11) is 0. The average Bonchev–Trinajstić information content (AvgIpc) is 3.60. The molecule has 0 aliphatic carbocycles. The number of thiophene rings is 2. The fourth-order valence-corrected chi connectivity index (χ4v) is 6.87. The molecule has 3 aromatic rings. The number of ether oxygens (including phenoxy) is 1. The lowest BCUT2D eigenvalue weighted by Crippen LogP contribution is -2.53. The summed E-state index contributed by atoms with van der Waals surface area (Å²) < 4.78 is 7.53. The molecule has 2 aliphatic rings. The van der Waals surface area contributed by atoms with E-state index in [4.69, 9.17) is 4.74 Å².